The lowest BCUT2D eigenvalue weighted by Crippen LogP contribution is -2.55. The molecule has 0 unspecified atom stereocenters. The van der Waals surface area contributed by atoms with Crippen molar-refractivity contribution in [2.45, 2.75) is 44.6 Å². The summed E-state index contributed by atoms with van der Waals surface area (Å²) in [7, 11) is 0. The largest absolute Gasteiger partial charge is 0.342 e. The molecular formula is C16H19FN2O2. The van der Waals surface area contributed by atoms with Crippen LogP contribution in [0.4, 0.5) is 10.1 Å². The fourth-order valence-corrected chi connectivity index (χ4v) is 3.43. The first-order valence-electron chi connectivity index (χ1n) is 7.41. The van der Waals surface area contributed by atoms with Crippen molar-refractivity contribution in [3.05, 3.63) is 29.6 Å². The molecule has 1 spiro atoms. The molecule has 1 aromatic carbocycles. The Kier molecular flexibility index (Phi) is 3.43. The van der Waals surface area contributed by atoms with E-state index in [0.29, 0.717) is 30.6 Å². The van der Waals surface area contributed by atoms with Gasteiger partial charge in [-0.1, -0.05) is 12.8 Å². The van der Waals surface area contributed by atoms with E-state index < -0.39 is 5.54 Å². The van der Waals surface area contributed by atoms with Crippen LogP contribution in [0.25, 0.3) is 0 Å². The van der Waals surface area contributed by atoms with Gasteiger partial charge in [0.2, 0.25) is 5.91 Å². The fourth-order valence-electron chi connectivity index (χ4n) is 3.43. The zero-order valence-electron chi connectivity index (χ0n) is 12.1. The second-order valence-electron chi connectivity index (χ2n) is 5.97. The van der Waals surface area contributed by atoms with Crippen LogP contribution in [0.2, 0.25) is 0 Å². The van der Waals surface area contributed by atoms with Gasteiger partial charge in [-0.15, -0.1) is 0 Å². The first kappa shape index (κ1) is 14.0. The molecule has 0 bridgehead atoms. The maximum atomic E-state index is 13.3. The number of anilines is 1. The van der Waals surface area contributed by atoms with E-state index in [1.165, 1.54) is 12.1 Å². The molecule has 0 radical (unpaired) electrons. The molecule has 4 nitrogen and oxygen atoms in total. The van der Waals surface area contributed by atoms with Crippen LogP contribution in [-0.4, -0.2) is 23.9 Å². The first-order chi connectivity index (χ1) is 10.0. The van der Waals surface area contributed by atoms with Crippen LogP contribution in [-0.2, 0) is 9.59 Å². The van der Waals surface area contributed by atoms with E-state index in [1.54, 1.807) is 17.9 Å². The van der Waals surface area contributed by atoms with Gasteiger partial charge in [-0.05, 0) is 43.5 Å². The lowest BCUT2D eigenvalue weighted by molar-refractivity contribution is -0.129. The topological polar surface area (TPSA) is 49.4 Å². The van der Waals surface area contributed by atoms with Crippen LogP contribution >= 0.6 is 0 Å². The van der Waals surface area contributed by atoms with Gasteiger partial charge in [-0.2, -0.15) is 0 Å². The lowest BCUT2D eigenvalue weighted by Gasteiger charge is -2.32. The third kappa shape index (κ3) is 2.41. The molecule has 21 heavy (non-hydrogen) atoms. The van der Waals surface area contributed by atoms with Crippen LogP contribution in [0.15, 0.2) is 18.2 Å². The minimum Gasteiger partial charge on any atom is -0.342 e. The van der Waals surface area contributed by atoms with Gasteiger partial charge in [0.25, 0.3) is 5.91 Å². The molecular weight excluding hydrogens is 271 g/mol. The molecule has 1 heterocycles. The highest BCUT2D eigenvalue weighted by Crippen LogP contribution is 2.35. The van der Waals surface area contributed by atoms with Gasteiger partial charge in [0.1, 0.15) is 11.4 Å². The van der Waals surface area contributed by atoms with Gasteiger partial charge in [0.05, 0.1) is 0 Å². The van der Waals surface area contributed by atoms with E-state index in [1.807, 2.05) is 0 Å². The van der Waals surface area contributed by atoms with Crippen LogP contribution < -0.4 is 10.2 Å². The summed E-state index contributed by atoms with van der Waals surface area (Å²) >= 11 is 0. The standard InChI is InChI=1S/C16H19FN2O2/c1-11-10-12(17)4-5-13(11)19-9-6-14(20)18-16(15(19)21)7-2-3-8-16/h4-5,10H,2-3,6-9H2,1H3,(H,18,20). The number of hydrogen-bond donors (Lipinski definition) is 1. The molecule has 1 aliphatic carbocycles. The third-order valence-corrected chi connectivity index (χ3v) is 4.50. The van der Waals surface area contributed by atoms with Gasteiger partial charge in [0, 0.05) is 18.7 Å². The average Bonchev–Trinajstić information content (AvgIpc) is 2.85. The van der Waals surface area contributed by atoms with Gasteiger partial charge in [-0.3, -0.25) is 9.59 Å². The highest BCUT2D eigenvalue weighted by Gasteiger charge is 2.46. The molecule has 1 N–H and O–H groups in total. The van der Waals surface area contributed by atoms with Crippen LogP contribution in [0.1, 0.15) is 37.7 Å². The number of nitrogens with zero attached hydrogens (tertiary/aromatic N) is 1. The van der Waals surface area contributed by atoms with Crippen molar-refractivity contribution in [1.82, 2.24) is 5.32 Å². The van der Waals surface area contributed by atoms with Crippen molar-refractivity contribution in [1.29, 1.82) is 0 Å². The van der Waals surface area contributed by atoms with E-state index in [0.717, 1.165) is 12.8 Å². The Labute approximate surface area is 123 Å². The van der Waals surface area contributed by atoms with Crippen molar-refractivity contribution in [3.63, 3.8) is 0 Å². The smallest absolute Gasteiger partial charge is 0.252 e. The molecule has 1 aromatic rings. The van der Waals surface area contributed by atoms with Crippen molar-refractivity contribution in [2.75, 3.05) is 11.4 Å². The van der Waals surface area contributed by atoms with Gasteiger partial charge in [0.15, 0.2) is 0 Å². The van der Waals surface area contributed by atoms with Crippen LogP contribution in [0.5, 0.6) is 0 Å². The molecule has 2 aliphatic rings. The van der Waals surface area contributed by atoms with Crippen molar-refractivity contribution < 1.29 is 14.0 Å². The number of amides is 2. The maximum absolute atomic E-state index is 13.3. The summed E-state index contributed by atoms with van der Waals surface area (Å²) < 4.78 is 13.3. The average molecular weight is 290 g/mol. The van der Waals surface area contributed by atoms with E-state index in [9.17, 15) is 14.0 Å². The number of rotatable bonds is 1. The molecule has 3 rings (SSSR count). The number of benzene rings is 1. The zero-order chi connectivity index (χ0) is 15.0. The SMILES string of the molecule is Cc1cc(F)ccc1N1CCC(=O)NC2(CCCC2)C1=O. The van der Waals surface area contributed by atoms with E-state index in [2.05, 4.69) is 5.32 Å². The summed E-state index contributed by atoms with van der Waals surface area (Å²) in [6.45, 7) is 2.13. The minimum atomic E-state index is -0.756. The Morgan fingerprint density at radius 1 is 1.24 bits per heavy atom. The molecule has 1 saturated carbocycles. The number of carbonyl (C=O) groups excluding carboxylic acids is 2. The predicted octanol–water partition coefficient (Wildman–Crippen LogP) is 2.30. The Balaban J connectivity index is 2.00. The molecule has 5 heteroatoms. The summed E-state index contributed by atoms with van der Waals surface area (Å²) in [5, 5.41) is 2.93. The predicted molar refractivity (Wildman–Crippen MR) is 77.4 cm³/mol. The molecule has 1 aliphatic heterocycles. The Bertz CT molecular complexity index is 594. The second kappa shape index (κ2) is 5.13. The van der Waals surface area contributed by atoms with Crippen molar-refractivity contribution >= 4 is 17.5 Å². The van der Waals surface area contributed by atoms with E-state index >= 15 is 0 Å². The Hall–Kier alpha value is -1.91. The monoisotopic (exact) mass is 290 g/mol. The molecule has 2 fully saturated rings. The normalized spacial score (nSPS) is 21.5. The van der Waals surface area contributed by atoms with Gasteiger partial charge in [-0.25, -0.2) is 4.39 Å². The van der Waals surface area contributed by atoms with Crippen molar-refractivity contribution in [2.24, 2.45) is 0 Å². The zero-order valence-corrected chi connectivity index (χ0v) is 12.1. The number of halogens is 1. The first-order valence-corrected chi connectivity index (χ1v) is 7.41. The highest BCUT2D eigenvalue weighted by atomic mass is 19.1. The van der Waals surface area contributed by atoms with Gasteiger partial charge < -0.3 is 10.2 Å². The lowest BCUT2D eigenvalue weighted by atomic mass is 9.95. The molecule has 1 saturated heterocycles. The fraction of sp³-hybridized carbons (Fsp3) is 0.500. The molecule has 2 amide bonds. The van der Waals surface area contributed by atoms with Crippen molar-refractivity contribution in [3.8, 4) is 0 Å². The quantitative estimate of drug-likeness (QED) is 0.863. The van der Waals surface area contributed by atoms with Gasteiger partial charge >= 0.3 is 0 Å². The number of carbonyl (C=O) groups is 2. The van der Waals surface area contributed by atoms with E-state index in [-0.39, 0.29) is 24.1 Å². The van der Waals surface area contributed by atoms with Crippen LogP contribution in [0, 0.1) is 12.7 Å². The number of nitrogens with one attached hydrogen (secondary N) is 1. The molecule has 112 valence electrons. The number of aryl methyl sites for hydroxylation is 1. The van der Waals surface area contributed by atoms with Crippen LogP contribution in [0.3, 0.4) is 0 Å². The molecule has 0 atom stereocenters. The summed E-state index contributed by atoms with van der Waals surface area (Å²) in [4.78, 5) is 26.6. The Morgan fingerprint density at radius 3 is 2.62 bits per heavy atom. The Morgan fingerprint density at radius 2 is 1.95 bits per heavy atom. The molecule has 0 aromatic heterocycles. The summed E-state index contributed by atoms with van der Waals surface area (Å²) in [5.41, 5.74) is 0.657. The summed E-state index contributed by atoms with van der Waals surface area (Å²) in [5.74, 6) is -0.448. The second-order valence-corrected chi connectivity index (χ2v) is 5.97. The summed E-state index contributed by atoms with van der Waals surface area (Å²) in [6, 6.07) is 4.40. The summed E-state index contributed by atoms with van der Waals surface area (Å²) in [6.07, 6.45) is 3.55. The highest BCUT2D eigenvalue weighted by molar-refractivity contribution is 6.04. The minimum absolute atomic E-state index is 0.0550. The van der Waals surface area contributed by atoms with E-state index in [4.69, 9.17) is 0 Å². The number of hydrogen-bond acceptors (Lipinski definition) is 2. The maximum Gasteiger partial charge on any atom is 0.252 e. The third-order valence-electron chi connectivity index (χ3n) is 4.50.